The molecule has 0 aromatic heterocycles. The van der Waals surface area contributed by atoms with Crippen molar-refractivity contribution in [2.75, 3.05) is 13.2 Å². The number of amides is 2. The summed E-state index contributed by atoms with van der Waals surface area (Å²) >= 11 is 0. The molecule has 1 heterocycles. The maximum absolute atomic E-state index is 12.5. The lowest BCUT2D eigenvalue weighted by Gasteiger charge is -2.36. The van der Waals surface area contributed by atoms with E-state index in [1.807, 2.05) is 71.9 Å². The molecule has 1 aliphatic rings. The molecule has 186 valence electrons. The molecule has 2 unspecified atom stereocenters. The van der Waals surface area contributed by atoms with Crippen LogP contribution in [0.5, 0.6) is 0 Å². The first-order valence-electron chi connectivity index (χ1n) is 11.0. The number of benzene rings is 1. The molecule has 1 aromatic carbocycles. The first kappa shape index (κ1) is 28.2. The average molecular weight is 467 g/mol. The van der Waals surface area contributed by atoms with Crippen molar-refractivity contribution in [1.29, 1.82) is 0 Å². The standard InChI is InChI=1S/C16H29NO5.C8H9NO2/c1-8-20-13(18)9-11(2)12-10-21-16(6,7)17(12)14(19)22-15(3,4)5;9-8(10)11-6-7-4-2-1-3-5-7/h11-12H,8-10H2,1-7H3;1-5H,6H2,(H2,9,10). The Morgan fingerprint density at radius 2 is 1.79 bits per heavy atom. The number of rotatable bonds is 6. The van der Waals surface area contributed by atoms with Crippen LogP contribution < -0.4 is 5.73 Å². The summed E-state index contributed by atoms with van der Waals surface area (Å²) in [5, 5.41) is 0. The molecule has 2 N–H and O–H groups in total. The van der Waals surface area contributed by atoms with Crippen LogP contribution in [0.1, 0.15) is 60.5 Å². The van der Waals surface area contributed by atoms with Gasteiger partial charge >= 0.3 is 18.2 Å². The minimum Gasteiger partial charge on any atom is -0.466 e. The van der Waals surface area contributed by atoms with Gasteiger partial charge in [0.25, 0.3) is 0 Å². The minimum absolute atomic E-state index is 0.0756. The molecule has 2 rings (SSSR count). The summed E-state index contributed by atoms with van der Waals surface area (Å²) in [5.74, 6) is -0.336. The van der Waals surface area contributed by atoms with Gasteiger partial charge in [-0.1, -0.05) is 37.3 Å². The van der Waals surface area contributed by atoms with Crippen LogP contribution in [0.2, 0.25) is 0 Å². The number of hydrogen-bond acceptors (Lipinski definition) is 7. The van der Waals surface area contributed by atoms with Crippen molar-refractivity contribution in [2.45, 2.75) is 78.9 Å². The van der Waals surface area contributed by atoms with Crippen molar-refractivity contribution in [3.63, 3.8) is 0 Å². The molecule has 0 radical (unpaired) electrons. The summed E-state index contributed by atoms with van der Waals surface area (Å²) in [6.07, 6.45) is -0.915. The Morgan fingerprint density at radius 3 is 2.30 bits per heavy atom. The first-order valence-corrected chi connectivity index (χ1v) is 11.0. The summed E-state index contributed by atoms with van der Waals surface area (Å²) in [7, 11) is 0. The van der Waals surface area contributed by atoms with E-state index in [1.54, 1.807) is 11.8 Å². The summed E-state index contributed by atoms with van der Waals surface area (Å²) in [6.45, 7) is 13.8. The zero-order chi connectivity index (χ0) is 25.2. The van der Waals surface area contributed by atoms with E-state index in [4.69, 9.17) is 19.9 Å². The largest absolute Gasteiger partial charge is 0.466 e. The molecule has 1 saturated heterocycles. The Morgan fingerprint density at radius 1 is 1.18 bits per heavy atom. The van der Waals surface area contributed by atoms with E-state index in [2.05, 4.69) is 4.74 Å². The molecule has 2 atom stereocenters. The fraction of sp³-hybridized carbons (Fsp3) is 0.625. The third-order valence-corrected chi connectivity index (χ3v) is 4.78. The highest BCUT2D eigenvalue weighted by Gasteiger charge is 2.47. The molecule has 33 heavy (non-hydrogen) atoms. The van der Waals surface area contributed by atoms with Crippen LogP contribution in [0.25, 0.3) is 0 Å². The molecule has 2 amide bonds. The predicted molar refractivity (Wildman–Crippen MR) is 123 cm³/mol. The fourth-order valence-corrected chi connectivity index (χ4v) is 3.27. The number of carbonyl (C=O) groups is 3. The van der Waals surface area contributed by atoms with Gasteiger partial charge in [-0.25, -0.2) is 9.59 Å². The van der Waals surface area contributed by atoms with Crippen LogP contribution in [-0.2, 0) is 30.3 Å². The number of carbonyl (C=O) groups excluding carboxylic acids is 3. The van der Waals surface area contributed by atoms with Crippen LogP contribution >= 0.6 is 0 Å². The van der Waals surface area contributed by atoms with Gasteiger partial charge in [0, 0.05) is 0 Å². The molecule has 0 spiro atoms. The van der Waals surface area contributed by atoms with Gasteiger partial charge in [0.15, 0.2) is 0 Å². The number of esters is 1. The van der Waals surface area contributed by atoms with Gasteiger partial charge in [0.2, 0.25) is 0 Å². The van der Waals surface area contributed by atoms with Crippen molar-refractivity contribution < 1.29 is 33.3 Å². The summed E-state index contributed by atoms with van der Waals surface area (Å²) in [4.78, 5) is 36.0. The Bertz CT molecular complexity index is 775. The smallest absolute Gasteiger partial charge is 0.412 e. The lowest BCUT2D eigenvalue weighted by molar-refractivity contribution is -0.144. The van der Waals surface area contributed by atoms with Crippen LogP contribution in [0.4, 0.5) is 9.59 Å². The zero-order valence-corrected chi connectivity index (χ0v) is 20.8. The number of nitrogens with two attached hydrogens (primary N) is 1. The van der Waals surface area contributed by atoms with Gasteiger partial charge in [0.1, 0.15) is 17.9 Å². The maximum Gasteiger partial charge on any atom is 0.412 e. The molecule has 9 nitrogen and oxygen atoms in total. The average Bonchev–Trinajstić information content (AvgIpc) is 3.02. The highest BCUT2D eigenvalue weighted by atomic mass is 16.6. The van der Waals surface area contributed by atoms with E-state index in [9.17, 15) is 14.4 Å². The van der Waals surface area contributed by atoms with E-state index < -0.39 is 23.5 Å². The highest BCUT2D eigenvalue weighted by molar-refractivity contribution is 5.71. The van der Waals surface area contributed by atoms with Gasteiger partial charge in [-0.05, 0) is 53.0 Å². The second-order valence-electron chi connectivity index (χ2n) is 9.26. The quantitative estimate of drug-likeness (QED) is 0.492. The van der Waals surface area contributed by atoms with Gasteiger partial charge < -0.3 is 24.7 Å². The molecular formula is C24H38N2O7. The Hall–Kier alpha value is -2.81. The summed E-state index contributed by atoms with van der Waals surface area (Å²) < 4.78 is 20.8. The van der Waals surface area contributed by atoms with Crippen molar-refractivity contribution in [2.24, 2.45) is 11.7 Å². The molecule has 0 bridgehead atoms. The molecular weight excluding hydrogens is 428 g/mol. The fourth-order valence-electron chi connectivity index (χ4n) is 3.27. The van der Waals surface area contributed by atoms with Gasteiger partial charge in [-0.2, -0.15) is 0 Å². The van der Waals surface area contributed by atoms with Crippen LogP contribution in [0.15, 0.2) is 30.3 Å². The lowest BCUT2D eigenvalue weighted by atomic mass is 9.97. The number of primary amides is 1. The number of hydrogen-bond donors (Lipinski definition) is 1. The molecule has 9 heteroatoms. The van der Waals surface area contributed by atoms with E-state index in [0.29, 0.717) is 13.2 Å². The van der Waals surface area contributed by atoms with Crippen molar-refractivity contribution in [3.05, 3.63) is 35.9 Å². The predicted octanol–water partition coefficient (Wildman–Crippen LogP) is 4.23. The van der Waals surface area contributed by atoms with Crippen LogP contribution in [0.3, 0.4) is 0 Å². The number of nitrogens with zero attached hydrogens (tertiary/aromatic N) is 1. The van der Waals surface area contributed by atoms with Gasteiger partial charge in [-0.15, -0.1) is 0 Å². The molecule has 1 fully saturated rings. The van der Waals surface area contributed by atoms with E-state index in [1.165, 1.54) is 0 Å². The Kier molecular flexibility index (Phi) is 10.6. The SMILES string of the molecule is CCOC(=O)CC(C)C1COC(C)(C)N1C(=O)OC(C)(C)C.NC(=O)OCc1ccccc1. The van der Waals surface area contributed by atoms with Crippen molar-refractivity contribution >= 4 is 18.2 Å². The topological polar surface area (TPSA) is 117 Å². The van der Waals surface area contributed by atoms with Crippen molar-refractivity contribution in [3.8, 4) is 0 Å². The van der Waals surface area contributed by atoms with E-state index >= 15 is 0 Å². The summed E-state index contributed by atoms with van der Waals surface area (Å²) in [6, 6.07) is 9.16. The third-order valence-electron chi connectivity index (χ3n) is 4.78. The normalized spacial score (nSPS) is 17.9. The number of ether oxygens (including phenoxy) is 4. The van der Waals surface area contributed by atoms with Gasteiger partial charge in [-0.3, -0.25) is 9.69 Å². The Labute approximate surface area is 196 Å². The zero-order valence-electron chi connectivity index (χ0n) is 20.8. The maximum atomic E-state index is 12.5. The molecule has 0 aliphatic carbocycles. The van der Waals surface area contributed by atoms with Crippen LogP contribution in [0, 0.1) is 5.92 Å². The first-order chi connectivity index (χ1) is 15.3. The second-order valence-corrected chi connectivity index (χ2v) is 9.26. The third kappa shape index (κ3) is 10.1. The van der Waals surface area contributed by atoms with Crippen molar-refractivity contribution in [1.82, 2.24) is 4.90 Å². The monoisotopic (exact) mass is 466 g/mol. The second kappa shape index (κ2) is 12.4. The highest BCUT2D eigenvalue weighted by Crippen LogP contribution is 2.33. The van der Waals surface area contributed by atoms with E-state index in [0.717, 1.165) is 5.56 Å². The Balaban J connectivity index is 0.000000412. The van der Waals surface area contributed by atoms with Crippen LogP contribution in [-0.4, -0.2) is 53.6 Å². The molecule has 1 aromatic rings. The molecule has 1 aliphatic heterocycles. The lowest BCUT2D eigenvalue weighted by Crippen LogP contribution is -2.51. The minimum atomic E-state index is -0.754. The molecule has 0 saturated carbocycles. The van der Waals surface area contributed by atoms with Gasteiger partial charge in [0.05, 0.1) is 25.7 Å². The summed E-state index contributed by atoms with van der Waals surface area (Å²) in [5.41, 5.74) is 4.38. The van der Waals surface area contributed by atoms with E-state index in [-0.39, 0.29) is 31.0 Å².